The molecule has 0 saturated carbocycles. The zero-order valence-corrected chi connectivity index (χ0v) is 10.9. The number of aromatic nitrogens is 1. The first-order chi connectivity index (χ1) is 10.1. The van der Waals surface area contributed by atoms with E-state index < -0.39 is 16.6 Å². The second kappa shape index (κ2) is 6.38. The van der Waals surface area contributed by atoms with Crippen LogP contribution in [0.2, 0.25) is 0 Å². The lowest BCUT2D eigenvalue weighted by Gasteiger charge is -2.02. The van der Waals surface area contributed by atoms with Crippen molar-refractivity contribution in [3.8, 4) is 0 Å². The van der Waals surface area contributed by atoms with Crippen molar-refractivity contribution in [2.45, 2.75) is 6.42 Å². The van der Waals surface area contributed by atoms with Crippen LogP contribution in [0, 0.1) is 10.1 Å². The summed E-state index contributed by atoms with van der Waals surface area (Å²) in [5.41, 5.74) is 0.713. The maximum absolute atomic E-state index is 11.9. The summed E-state index contributed by atoms with van der Waals surface area (Å²) in [6.07, 6.45) is 2.96. The Balaban J connectivity index is 1.97. The summed E-state index contributed by atoms with van der Waals surface area (Å²) in [4.78, 5) is 36.4. The second-order valence-corrected chi connectivity index (χ2v) is 4.24. The molecule has 2 N–H and O–H groups in total. The van der Waals surface area contributed by atoms with Gasteiger partial charge in [0.05, 0.1) is 11.3 Å². The number of pyridine rings is 1. The molecule has 0 atom stereocenters. The molecule has 0 saturated heterocycles. The van der Waals surface area contributed by atoms with Crippen LogP contribution in [0.4, 0.5) is 11.4 Å². The number of hydrogen-bond acceptors (Lipinski definition) is 4. The van der Waals surface area contributed by atoms with Crippen molar-refractivity contribution in [1.29, 1.82) is 0 Å². The third-order valence-electron chi connectivity index (χ3n) is 2.71. The number of carbonyl (C=O) groups excluding carboxylic acids is 2. The lowest BCUT2D eigenvalue weighted by atomic mass is 10.1. The number of amides is 1. The van der Waals surface area contributed by atoms with E-state index in [-0.39, 0.29) is 17.7 Å². The van der Waals surface area contributed by atoms with Crippen molar-refractivity contribution < 1.29 is 19.5 Å². The molecule has 0 aliphatic carbocycles. The van der Waals surface area contributed by atoms with Crippen molar-refractivity contribution in [2.24, 2.45) is 0 Å². The largest absolute Gasteiger partial charge is 0.321 e. The number of Topliss-reactive ketones (excluding diaryl/α,β-unsaturated/α-hetero) is 1. The zero-order valence-electron chi connectivity index (χ0n) is 10.9. The molecule has 0 aliphatic rings. The number of nitrogens with one attached hydrogen (secondary N) is 2. The number of anilines is 1. The topological polar surface area (TPSA) is 103 Å². The number of rotatable bonds is 5. The van der Waals surface area contributed by atoms with Gasteiger partial charge in [-0.1, -0.05) is 0 Å². The molecule has 1 amide bonds. The molecule has 2 rings (SSSR count). The number of hydrogen-bond donors (Lipinski definition) is 1. The van der Waals surface area contributed by atoms with Gasteiger partial charge in [-0.15, -0.1) is 0 Å². The quantitative estimate of drug-likeness (QED) is 0.390. The summed E-state index contributed by atoms with van der Waals surface area (Å²) in [6, 6.07) is 8.54. The lowest BCUT2D eigenvalue weighted by molar-refractivity contribution is -0.384. The van der Waals surface area contributed by atoms with Crippen molar-refractivity contribution in [3.05, 3.63) is 64.5 Å². The van der Waals surface area contributed by atoms with Gasteiger partial charge in [0.1, 0.15) is 5.69 Å². The SMILES string of the molecule is O=C(CC(=O)c1ccc([N+](=O)[O-])cc1)Nc1ccc[nH+]c1. The average molecular weight is 286 g/mol. The van der Waals surface area contributed by atoms with E-state index in [2.05, 4.69) is 10.3 Å². The van der Waals surface area contributed by atoms with Crippen LogP contribution in [-0.2, 0) is 4.79 Å². The number of nitrogens with zero attached hydrogens (tertiary/aromatic N) is 1. The highest BCUT2D eigenvalue weighted by Crippen LogP contribution is 2.13. The molecule has 1 heterocycles. The van der Waals surface area contributed by atoms with Crippen LogP contribution >= 0.6 is 0 Å². The predicted octanol–water partition coefficient (Wildman–Crippen LogP) is 1.62. The van der Waals surface area contributed by atoms with Crippen LogP contribution in [0.3, 0.4) is 0 Å². The number of H-pyrrole nitrogens is 1. The highest BCUT2D eigenvalue weighted by molar-refractivity contribution is 6.10. The first-order valence-corrected chi connectivity index (χ1v) is 6.10. The van der Waals surface area contributed by atoms with Crippen molar-refractivity contribution in [3.63, 3.8) is 0 Å². The number of nitro benzene ring substituents is 1. The molecule has 2 aromatic rings. The molecule has 0 aliphatic heterocycles. The molecule has 21 heavy (non-hydrogen) atoms. The predicted molar refractivity (Wildman–Crippen MR) is 73.7 cm³/mol. The maximum atomic E-state index is 11.9. The minimum absolute atomic E-state index is 0.101. The fraction of sp³-hybridized carbons (Fsp3) is 0.0714. The number of benzene rings is 1. The monoisotopic (exact) mass is 286 g/mol. The average Bonchev–Trinajstić information content (AvgIpc) is 2.48. The van der Waals surface area contributed by atoms with Gasteiger partial charge in [0.25, 0.3) is 5.69 Å². The van der Waals surface area contributed by atoms with Crippen molar-refractivity contribution in [2.75, 3.05) is 5.32 Å². The summed E-state index contributed by atoms with van der Waals surface area (Å²) in [7, 11) is 0. The molecule has 0 spiro atoms. The Morgan fingerprint density at radius 2 is 1.90 bits per heavy atom. The highest BCUT2D eigenvalue weighted by atomic mass is 16.6. The third kappa shape index (κ3) is 3.93. The van der Waals surface area contributed by atoms with Crippen LogP contribution in [0.1, 0.15) is 16.8 Å². The van der Waals surface area contributed by atoms with E-state index in [1.165, 1.54) is 24.3 Å². The minimum atomic E-state index is -0.549. The van der Waals surface area contributed by atoms with Gasteiger partial charge in [0, 0.05) is 23.8 Å². The Labute approximate surface area is 119 Å². The van der Waals surface area contributed by atoms with Gasteiger partial charge in [0.2, 0.25) is 5.91 Å². The smallest absolute Gasteiger partial charge is 0.269 e. The van der Waals surface area contributed by atoms with E-state index in [0.717, 1.165) is 0 Å². The van der Waals surface area contributed by atoms with Crippen molar-refractivity contribution in [1.82, 2.24) is 0 Å². The van der Waals surface area contributed by atoms with E-state index in [9.17, 15) is 19.7 Å². The third-order valence-corrected chi connectivity index (χ3v) is 2.71. The Morgan fingerprint density at radius 1 is 1.19 bits per heavy atom. The normalized spacial score (nSPS) is 9.90. The molecular weight excluding hydrogens is 274 g/mol. The van der Waals surface area contributed by atoms with Gasteiger partial charge in [-0.05, 0) is 18.2 Å². The van der Waals surface area contributed by atoms with Gasteiger partial charge in [-0.3, -0.25) is 19.7 Å². The Morgan fingerprint density at radius 3 is 2.48 bits per heavy atom. The lowest BCUT2D eigenvalue weighted by Crippen LogP contribution is -2.17. The second-order valence-electron chi connectivity index (χ2n) is 4.24. The number of carbonyl (C=O) groups is 2. The Bertz CT molecular complexity index is 668. The van der Waals surface area contributed by atoms with E-state index in [1.807, 2.05) is 0 Å². The van der Waals surface area contributed by atoms with Gasteiger partial charge in [-0.25, -0.2) is 4.98 Å². The van der Waals surface area contributed by atoms with Crippen molar-refractivity contribution >= 4 is 23.1 Å². The molecule has 1 aromatic carbocycles. The molecule has 0 fully saturated rings. The van der Waals surface area contributed by atoms with Gasteiger partial charge >= 0.3 is 0 Å². The van der Waals surface area contributed by atoms with Gasteiger partial charge < -0.3 is 5.32 Å². The summed E-state index contributed by atoms with van der Waals surface area (Å²) >= 11 is 0. The summed E-state index contributed by atoms with van der Waals surface area (Å²) in [5, 5.41) is 13.1. The fourth-order valence-corrected chi connectivity index (χ4v) is 1.69. The molecular formula is C14H12N3O4+. The van der Waals surface area contributed by atoms with Crippen LogP contribution in [0.5, 0.6) is 0 Å². The first-order valence-electron chi connectivity index (χ1n) is 6.10. The minimum Gasteiger partial charge on any atom is -0.321 e. The van der Waals surface area contributed by atoms with E-state index in [1.54, 1.807) is 24.5 Å². The van der Waals surface area contributed by atoms with Crippen LogP contribution in [0.25, 0.3) is 0 Å². The van der Waals surface area contributed by atoms with E-state index in [4.69, 9.17) is 0 Å². The van der Waals surface area contributed by atoms with Crippen LogP contribution < -0.4 is 10.3 Å². The maximum Gasteiger partial charge on any atom is 0.269 e. The van der Waals surface area contributed by atoms with E-state index in [0.29, 0.717) is 5.69 Å². The molecule has 0 unspecified atom stereocenters. The Kier molecular flexibility index (Phi) is 4.35. The highest BCUT2D eigenvalue weighted by Gasteiger charge is 2.14. The molecule has 1 aromatic heterocycles. The number of ketones is 1. The summed E-state index contributed by atoms with van der Waals surface area (Å²) in [6.45, 7) is 0. The number of aromatic amines is 1. The number of non-ortho nitro benzene ring substituents is 1. The van der Waals surface area contributed by atoms with E-state index >= 15 is 0 Å². The molecule has 7 nitrogen and oxygen atoms in total. The zero-order chi connectivity index (χ0) is 15.2. The summed E-state index contributed by atoms with van der Waals surface area (Å²) in [5.74, 6) is -0.847. The molecule has 0 bridgehead atoms. The standard InChI is InChI=1S/C14H11N3O4/c18-13(10-3-5-12(6-4-10)17(20)21)8-14(19)16-11-2-1-7-15-9-11/h1-7,9H,8H2,(H,16,19)/p+1. The summed E-state index contributed by atoms with van der Waals surface area (Å²) < 4.78 is 0. The Hall–Kier alpha value is -3.09. The fourth-order valence-electron chi connectivity index (χ4n) is 1.69. The van der Waals surface area contributed by atoms with Gasteiger partial charge in [-0.2, -0.15) is 0 Å². The van der Waals surface area contributed by atoms with Crippen LogP contribution in [0.15, 0.2) is 48.8 Å². The van der Waals surface area contributed by atoms with Crippen LogP contribution in [-0.4, -0.2) is 16.6 Å². The molecule has 7 heteroatoms. The number of nitro groups is 1. The first kappa shape index (κ1) is 14.3. The van der Waals surface area contributed by atoms with Gasteiger partial charge in [0.15, 0.2) is 18.2 Å². The molecule has 106 valence electrons. The molecule has 0 radical (unpaired) electrons.